The van der Waals surface area contributed by atoms with Crippen LogP contribution in [0.15, 0.2) is 65.2 Å². The van der Waals surface area contributed by atoms with E-state index in [2.05, 4.69) is 15.3 Å². The minimum Gasteiger partial charge on any atom is -0.493 e. The van der Waals surface area contributed by atoms with Crippen molar-refractivity contribution in [2.45, 2.75) is 58.9 Å². The van der Waals surface area contributed by atoms with Crippen molar-refractivity contribution in [3.8, 4) is 28.5 Å². The summed E-state index contributed by atoms with van der Waals surface area (Å²) in [6.07, 6.45) is -3.79. The molecule has 0 unspecified atom stereocenters. The van der Waals surface area contributed by atoms with Crippen molar-refractivity contribution < 1.29 is 41.8 Å². The average molecular weight is 612 g/mol. The van der Waals surface area contributed by atoms with E-state index >= 15 is 0 Å². The van der Waals surface area contributed by atoms with Gasteiger partial charge in [0.25, 0.3) is 0 Å². The van der Waals surface area contributed by atoms with E-state index in [1.807, 2.05) is 0 Å². The van der Waals surface area contributed by atoms with Crippen molar-refractivity contribution in [2.24, 2.45) is 0 Å². The van der Waals surface area contributed by atoms with Gasteiger partial charge < -0.3 is 24.3 Å². The van der Waals surface area contributed by atoms with Gasteiger partial charge in [-0.2, -0.15) is 13.2 Å². The summed E-state index contributed by atoms with van der Waals surface area (Å²) in [4.78, 5) is 31.6. The van der Waals surface area contributed by atoms with Crippen LogP contribution in [0.3, 0.4) is 0 Å². The molecule has 0 aliphatic heterocycles. The second-order valence-electron chi connectivity index (χ2n) is 10.3. The van der Waals surface area contributed by atoms with Crippen molar-refractivity contribution in [1.29, 1.82) is 0 Å². The number of pyridine rings is 1. The minimum atomic E-state index is -4.44. The summed E-state index contributed by atoms with van der Waals surface area (Å²) < 4.78 is 55.4. The summed E-state index contributed by atoms with van der Waals surface area (Å²) in [5, 5.41) is 11.8. The van der Waals surface area contributed by atoms with E-state index in [1.165, 1.54) is 6.07 Å². The Morgan fingerprint density at radius 3 is 2.36 bits per heavy atom. The highest BCUT2D eigenvalue weighted by molar-refractivity contribution is 5.68. The van der Waals surface area contributed by atoms with Gasteiger partial charge in [-0.25, -0.2) is 9.78 Å². The lowest BCUT2D eigenvalue weighted by molar-refractivity contribution is -0.138. The minimum absolute atomic E-state index is 0.0495. The molecule has 2 aromatic carbocycles. The maximum atomic E-state index is 12.8. The molecule has 2 aromatic heterocycles. The topological polar surface area (TPSA) is 124 Å². The van der Waals surface area contributed by atoms with Crippen LogP contribution in [0.2, 0.25) is 0 Å². The number of alkyl halides is 3. The first-order valence-corrected chi connectivity index (χ1v) is 13.9. The predicted octanol–water partition coefficient (Wildman–Crippen LogP) is 7.00. The number of nitrogens with one attached hydrogen (secondary N) is 1. The maximum absolute atomic E-state index is 12.8. The van der Waals surface area contributed by atoms with Crippen molar-refractivity contribution in [2.75, 3.05) is 6.61 Å². The van der Waals surface area contributed by atoms with E-state index in [4.69, 9.17) is 19.0 Å². The summed E-state index contributed by atoms with van der Waals surface area (Å²) >= 11 is 0. The Labute approximate surface area is 252 Å². The van der Waals surface area contributed by atoms with Gasteiger partial charge in [0, 0.05) is 36.7 Å². The number of carboxylic acids is 1. The molecule has 2 N–H and O–H groups in total. The highest BCUT2D eigenvalue weighted by atomic mass is 19.4. The zero-order chi connectivity index (χ0) is 31.9. The van der Waals surface area contributed by atoms with Crippen LogP contribution < -0.4 is 10.1 Å². The number of aryl methyl sites for hydroxylation is 2. The van der Waals surface area contributed by atoms with Crippen LogP contribution in [0.25, 0.3) is 22.7 Å². The van der Waals surface area contributed by atoms with Gasteiger partial charge in [-0.05, 0) is 74.7 Å². The normalized spacial score (nSPS) is 11.4. The third-order valence-corrected chi connectivity index (χ3v) is 6.57. The molecular formula is C32H32F3N3O6. The number of nitrogens with zero attached hydrogens (tertiary/aromatic N) is 2. The zero-order valence-corrected chi connectivity index (χ0v) is 24.4. The number of halogens is 3. The molecule has 232 valence electrons. The molecule has 0 spiro atoms. The fourth-order valence-corrected chi connectivity index (χ4v) is 4.33. The van der Waals surface area contributed by atoms with E-state index in [1.54, 1.807) is 63.2 Å². The quantitative estimate of drug-likeness (QED) is 0.175. The van der Waals surface area contributed by atoms with Crippen molar-refractivity contribution in [1.82, 2.24) is 15.3 Å². The Morgan fingerprint density at radius 1 is 1.00 bits per heavy atom. The molecule has 0 fully saturated rings. The van der Waals surface area contributed by atoms with Crippen molar-refractivity contribution >= 4 is 12.1 Å². The molecule has 9 nitrogen and oxygen atoms in total. The molecule has 0 atom stereocenters. The van der Waals surface area contributed by atoms with Crippen LogP contribution >= 0.6 is 0 Å². The van der Waals surface area contributed by atoms with Crippen LogP contribution in [0.1, 0.15) is 48.4 Å². The first-order valence-electron chi connectivity index (χ1n) is 13.9. The lowest BCUT2D eigenvalue weighted by atomic mass is 10.0. The van der Waals surface area contributed by atoms with E-state index in [0.717, 1.165) is 23.4 Å². The third-order valence-electron chi connectivity index (χ3n) is 6.57. The number of rotatable bonds is 12. The molecule has 0 radical (unpaired) electrons. The molecule has 0 saturated heterocycles. The number of oxazole rings is 1. The molecule has 0 bridgehead atoms. The summed E-state index contributed by atoms with van der Waals surface area (Å²) in [6, 6.07) is 14.6. The fourth-order valence-electron chi connectivity index (χ4n) is 4.33. The Morgan fingerprint density at radius 2 is 1.73 bits per heavy atom. The largest absolute Gasteiger partial charge is 0.493 e. The fraction of sp³-hybridized carbons (Fsp3) is 0.312. The van der Waals surface area contributed by atoms with Gasteiger partial charge in [-0.3, -0.25) is 9.78 Å². The Bertz CT molecular complexity index is 1580. The molecule has 1 amide bonds. The average Bonchev–Trinajstić information content (AvgIpc) is 3.35. The number of carbonyl (C=O) groups excluding carboxylic acids is 1. The zero-order valence-electron chi connectivity index (χ0n) is 24.4. The van der Waals surface area contributed by atoms with Crippen LogP contribution in [-0.4, -0.2) is 39.8 Å². The number of ether oxygens (including phenoxy) is 2. The number of amides is 1. The third kappa shape index (κ3) is 8.82. The molecule has 0 aliphatic rings. The molecule has 4 aromatic rings. The summed E-state index contributed by atoms with van der Waals surface area (Å²) in [7, 11) is 0. The SMILES string of the molecule is Cc1oc(-c2ccc(-c3ccc(C(F)(F)F)cn3)cc2)nc1CCOc1ccc(CCC(=O)O)c(CNC(=O)OC(C)C)c1. The first kappa shape index (κ1) is 32.1. The molecule has 12 heteroatoms. The number of benzene rings is 2. The van der Waals surface area contributed by atoms with Crippen molar-refractivity contribution in [3.63, 3.8) is 0 Å². The Kier molecular flexibility index (Phi) is 10.2. The smallest absolute Gasteiger partial charge is 0.417 e. The lowest BCUT2D eigenvalue weighted by Crippen LogP contribution is -2.26. The molecular weight excluding hydrogens is 579 g/mol. The number of aromatic nitrogens is 2. The number of hydrogen-bond acceptors (Lipinski definition) is 7. The van der Waals surface area contributed by atoms with Gasteiger partial charge >= 0.3 is 18.2 Å². The highest BCUT2D eigenvalue weighted by Crippen LogP contribution is 2.30. The predicted molar refractivity (Wildman–Crippen MR) is 155 cm³/mol. The maximum Gasteiger partial charge on any atom is 0.417 e. The number of hydrogen-bond donors (Lipinski definition) is 2. The molecule has 2 heterocycles. The van der Waals surface area contributed by atoms with Crippen LogP contribution in [-0.2, 0) is 35.1 Å². The molecule has 0 aliphatic carbocycles. The number of alkyl carbamates (subject to hydrolysis) is 1. The van der Waals surface area contributed by atoms with Gasteiger partial charge in [0.05, 0.1) is 29.7 Å². The van der Waals surface area contributed by atoms with Gasteiger partial charge in [-0.15, -0.1) is 0 Å². The molecule has 4 rings (SSSR count). The van der Waals surface area contributed by atoms with Crippen LogP contribution in [0.4, 0.5) is 18.0 Å². The Balaban J connectivity index is 1.38. The van der Waals surface area contributed by atoms with E-state index < -0.39 is 23.8 Å². The summed E-state index contributed by atoms with van der Waals surface area (Å²) in [5.74, 6) is 0.647. The molecule has 0 saturated carbocycles. The second-order valence-corrected chi connectivity index (χ2v) is 10.3. The lowest BCUT2D eigenvalue weighted by Gasteiger charge is -2.14. The summed E-state index contributed by atoms with van der Waals surface area (Å²) in [6.45, 7) is 5.71. The summed E-state index contributed by atoms with van der Waals surface area (Å²) in [5.41, 5.74) is 3.15. The van der Waals surface area contributed by atoms with Gasteiger partial charge in [0.15, 0.2) is 0 Å². The van der Waals surface area contributed by atoms with Gasteiger partial charge in [0.1, 0.15) is 11.5 Å². The van der Waals surface area contributed by atoms with Gasteiger partial charge in [0.2, 0.25) is 5.89 Å². The van der Waals surface area contributed by atoms with E-state index in [9.17, 15) is 22.8 Å². The number of carboxylic acid groups (broad SMARTS) is 1. The number of carbonyl (C=O) groups is 2. The standard InChI is InChI=1S/C32H32F3N3O6/c1-19(2)43-31(41)37-17-24-16-26(11-8-21(24)9-13-29(39)40)42-15-14-27-20(3)44-30(38-27)23-6-4-22(5-7-23)28-12-10-25(18-36-28)32(33,34)35/h4-8,10-12,16,18-19H,9,13-15,17H2,1-3H3,(H,37,41)(H,39,40). The monoisotopic (exact) mass is 611 g/mol. The Hall–Kier alpha value is -4.87. The van der Waals surface area contributed by atoms with Crippen LogP contribution in [0, 0.1) is 6.92 Å². The van der Waals surface area contributed by atoms with E-state index in [0.29, 0.717) is 52.8 Å². The highest BCUT2D eigenvalue weighted by Gasteiger charge is 2.30. The molecule has 44 heavy (non-hydrogen) atoms. The van der Waals surface area contributed by atoms with Gasteiger partial charge in [-0.1, -0.05) is 18.2 Å². The second kappa shape index (κ2) is 14.1. The van der Waals surface area contributed by atoms with Crippen molar-refractivity contribution in [3.05, 3.63) is 88.9 Å². The van der Waals surface area contributed by atoms with Crippen LogP contribution in [0.5, 0.6) is 5.75 Å². The number of aliphatic carboxylic acids is 1. The van der Waals surface area contributed by atoms with E-state index in [-0.39, 0.29) is 25.7 Å². The first-order chi connectivity index (χ1) is 20.9.